The number of piperidine rings is 1. The highest BCUT2D eigenvalue weighted by atomic mass is 32.2. The monoisotopic (exact) mass is 499 g/mol. The fourth-order valence-corrected chi connectivity index (χ4v) is 5.10. The number of carbonyl (C=O) groups excluding carboxylic acids is 1. The number of nitrogens with one attached hydrogen (secondary N) is 1. The van der Waals surface area contributed by atoms with Crippen molar-refractivity contribution in [2.45, 2.75) is 24.3 Å². The number of methoxy groups -OCH3 is 1. The highest BCUT2D eigenvalue weighted by Gasteiger charge is 2.33. The second-order valence-corrected chi connectivity index (χ2v) is 9.67. The topological polar surface area (TPSA) is 163 Å². The molecule has 3 N–H and O–H groups in total. The van der Waals surface area contributed by atoms with Gasteiger partial charge in [-0.25, -0.2) is 8.42 Å². The average molecular weight is 500 g/mol. The Labute approximate surface area is 202 Å². The number of benzene rings is 1. The van der Waals surface area contributed by atoms with E-state index in [4.69, 9.17) is 15.2 Å². The van der Waals surface area contributed by atoms with Crippen LogP contribution in [0.1, 0.15) is 18.7 Å². The van der Waals surface area contributed by atoms with Crippen LogP contribution in [0, 0.1) is 5.92 Å². The van der Waals surface area contributed by atoms with Crippen molar-refractivity contribution < 1.29 is 22.7 Å². The molecule has 1 saturated heterocycles. The molecule has 0 aliphatic carbocycles. The molecule has 2 aromatic heterocycles. The van der Waals surface area contributed by atoms with E-state index in [1.165, 1.54) is 22.8 Å². The number of anilines is 3. The zero-order valence-corrected chi connectivity index (χ0v) is 19.8. The molecule has 0 radical (unpaired) electrons. The number of nitrogen functional groups attached to an aromatic ring is 1. The third-order valence-electron chi connectivity index (χ3n) is 5.46. The van der Waals surface area contributed by atoms with Gasteiger partial charge in [0.05, 0.1) is 18.7 Å². The molecule has 1 aliphatic heterocycles. The van der Waals surface area contributed by atoms with Crippen LogP contribution in [0.25, 0.3) is 0 Å². The molecule has 0 unspecified atom stereocenters. The van der Waals surface area contributed by atoms with Crippen LogP contribution >= 0.6 is 0 Å². The van der Waals surface area contributed by atoms with E-state index in [0.717, 1.165) is 0 Å². The zero-order valence-electron chi connectivity index (χ0n) is 19.0. The van der Waals surface area contributed by atoms with Crippen LogP contribution < -0.4 is 15.8 Å². The molecule has 0 atom stereocenters. The van der Waals surface area contributed by atoms with Crippen molar-refractivity contribution in [3.63, 3.8) is 0 Å². The lowest BCUT2D eigenvalue weighted by Crippen LogP contribution is -2.40. The van der Waals surface area contributed by atoms with Gasteiger partial charge in [-0.3, -0.25) is 9.78 Å². The van der Waals surface area contributed by atoms with Crippen LogP contribution in [0.2, 0.25) is 0 Å². The van der Waals surface area contributed by atoms with Gasteiger partial charge in [-0.1, -0.05) is 12.1 Å². The lowest BCUT2D eigenvalue weighted by atomic mass is 9.98. The maximum Gasteiger partial charge on any atom is 0.309 e. The molecular formula is C22H25N7O5S. The Kier molecular flexibility index (Phi) is 7.36. The van der Waals surface area contributed by atoms with E-state index in [0.29, 0.717) is 24.3 Å². The van der Waals surface area contributed by atoms with Gasteiger partial charge in [0.2, 0.25) is 21.9 Å². The van der Waals surface area contributed by atoms with Crippen LogP contribution in [0.3, 0.4) is 0 Å². The maximum atomic E-state index is 12.7. The number of carbonyl (C=O) groups is 1. The molecule has 3 heterocycles. The van der Waals surface area contributed by atoms with Crippen molar-refractivity contribution in [2.24, 2.45) is 5.92 Å². The molecule has 0 amide bonds. The summed E-state index contributed by atoms with van der Waals surface area (Å²) in [5.41, 5.74) is 6.43. The number of nitrogens with zero attached hydrogens (tertiary/aromatic N) is 5. The van der Waals surface area contributed by atoms with E-state index in [1.807, 2.05) is 12.1 Å². The third kappa shape index (κ3) is 5.81. The van der Waals surface area contributed by atoms with Gasteiger partial charge in [0.1, 0.15) is 10.6 Å². The van der Waals surface area contributed by atoms with Gasteiger partial charge < -0.3 is 20.5 Å². The predicted molar refractivity (Wildman–Crippen MR) is 126 cm³/mol. The molecule has 1 aliphatic rings. The number of para-hydroxylation sites is 2. The van der Waals surface area contributed by atoms with Gasteiger partial charge in [0.15, 0.2) is 12.4 Å². The number of ether oxygens (including phenoxy) is 2. The molecule has 1 aromatic carbocycles. The second kappa shape index (κ2) is 10.6. The lowest BCUT2D eigenvalue weighted by molar-refractivity contribution is -0.151. The van der Waals surface area contributed by atoms with E-state index in [9.17, 15) is 13.2 Å². The fraction of sp³-hybridized carbons (Fsp3) is 0.318. The summed E-state index contributed by atoms with van der Waals surface area (Å²) in [5, 5.41) is 3.01. The maximum absolute atomic E-state index is 12.7. The van der Waals surface area contributed by atoms with E-state index in [2.05, 4.69) is 25.3 Å². The summed E-state index contributed by atoms with van der Waals surface area (Å²) in [7, 11) is -2.10. The molecule has 184 valence electrons. The predicted octanol–water partition coefficient (Wildman–Crippen LogP) is 1.75. The number of hydrogen-bond donors (Lipinski definition) is 2. The Morgan fingerprint density at radius 3 is 2.63 bits per heavy atom. The molecule has 1 fully saturated rings. The quantitative estimate of drug-likeness (QED) is 0.434. The standard InChI is InChI=1S/C22H25N7O5S/c1-33-18-7-3-2-6-17(18)25-22-27-19(26-21(23)28-22)14-34-20(30)15-8-11-29(12-9-15)35(31,32)16-5-4-10-24-13-16/h2-7,10,13,15H,8-9,11-12,14H2,1H3,(H3,23,25,26,27,28). The molecule has 13 heteroatoms. The minimum atomic E-state index is -3.64. The number of rotatable bonds is 8. The summed E-state index contributed by atoms with van der Waals surface area (Å²) >= 11 is 0. The number of hydrogen-bond acceptors (Lipinski definition) is 11. The first-order chi connectivity index (χ1) is 16.9. The Morgan fingerprint density at radius 1 is 1.14 bits per heavy atom. The van der Waals surface area contributed by atoms with E-state index in [1.54, 1.807) is 25.3 Å². The summed E-state index contributed by atoms with van der Waals surface area (Å²) in [5.74, 6) is 0.0536. The van der Waals surface area contributed by atoms with Crippen molar-refractivity contribution in [1.29, 1.82) is 0 Å². The van der Waals surface area contributed by atoms with E-state index in [-0.39, 0.29) is 42.3 Å². The van der Waals surface area contributed by atoms with Gasteiger partial charge in [-0.15, -0.1) is 0 Å². The van der Waals surface area contributed by atoms with Crippen molar-refractivity contribution >= 4 is 33.6 Å². The van der Waals surface area contributed by atoms with Gasteiger partial charge in [-0.05, 0) is 37.1 Å². The second-order valence-electron chi connectivity index (χ2n) is 7.73. The number of sulfonamides is 1. The minimum absolute atomic E-state index is 0.0302. The number of nitrogens with two attached hydrogens (primary N) is 1. The van der Waals surface area contributed by atoms with Crippen molar-refractivity contribution in [2.75, 3.05) is 31.2 Å². The molecule has 35 heavy (non-hydrogen) atoms. The zero-order chi connectivity index (χ0) is 24.8. The van der Waals surface area contributed by atoms with Gasteiger partial charge in [0.25, 0.3) is 0 Å². The highest BCUT2D eigenvalue weighted by molar-refractivity contribution is 7.89. The van der Waals surface area contributed by atoms with E-state index < -0.39 is 21.9 Å². The first kappa shape index (κ1) is 24.3. The summed E-state index contributed by atoms with van der Waals surface area (Å²) in [6.07, 6.45) is 3.52. The molecule has 12 nitrogen and oxygen atoms in total. The van der Waals surface area contributed by atoms with Crippen LogP contribution in [-0.2, 0) is 26.2 Å². The molecule has 0 bridgehead atoms. The SMILES string of the molecule is COc1ccccc1Nc1nc(N)nc(COC(=O)C2CCN(S(=O)(=O)c3cccnc3)CC2)n1. The van der Waals surface area contributed by atoms with Crippen LogP contribution in [0.4, 0.5) is 17.6 Å². The Morgan fingerprint density at radius 2 is 1.91 bits per heavy atom. The summed E-state index contributed by atoms with van der Waals surface area (Å²) in [4.78, 5) is 29.0. The number of esters is 1. The molecule has 3 aromatic rings. The first-order valence-corrected chi connectivity index (χ1v) is 12.3. The minimum Gasteiger partial charge on any atom is -0.495 e. The Hall–Kier alpha value is -3.84. The summed E-state index contributed by atoms with van der Waals surface area (Å²) < 4.78 is 37.5. The summed E-state index contributed by atoms with van der Waals surface area (Å²) in [6.45, 7) is 0.228. The largest absolute Gasteiger partial charge is 0.495 e. The van der Waals surface area contributed by atoms with Gasteiger partial charge in [-0.2, -0.15) is 19.3 Å². The van der Waals surface area contributed by atoms with Crippen LogP contribution in [-0.4, -0.2) is 58.8 Å². The van der Waals surface area contributed by atoms with E-state index >= 15 is 0 Å². The third-order valence-corrected chi connectivity index (χ3v) is 7.34. The fourth-order valence-electron chi connectivity index (χ4n) is 3.66. The number of aromatic nitrogens is 4. The Balaban J connectivity index is 1.34. The lowest BCUT2D eigenvalue weighted by Gasteiger charge is -2.29. The van der Waals surface area contributed by atoms with Gasteiger partial charge >= 0.3 is 5.97 Å². The smallest absolute Gasteiger partial charge is 0.309 e. The van der Waals surface area contributed by atoms with Crippen molar-refractivity contribution in [1.82, 2.24) is 24.2 Å². The van der Waals surface area contributed by atoms with Crippen LogP contribution in [0.15, 0.2) is 53.7 Å². The van der Waals surface area contributed by atoms with Crippen molar-refractivity contribution in [3.05, 3.63) is 54.6 Å². The molecule has 0 spiro atoms. The average Bonchev–Trinajstić information content (AvgIpc) is 2.88. The summed E-state index contributed by atoms with van der Waals surface area (Å²) in [6, 6.07) is 10.3. The molecule has 4 rings (SSSR count). The van der Waals surface area contributed by atoms with Crippen molar-refractivity contribution in [3.8, 4) is 5.75 Å². The normalized spacial score (nSPS) is 14.9. The highest BCUT2D eigenvalue weighted by Crippen LogP contribution is 2.26. The molecule has 0 saturated carbocycles. The Bertz CT molecular complexity index is 1280. The van der Waals surface area contributed by atoms with Gasteiger partial charge in [0, 0.05) is 25.5 Å². The molecular weight excluding hydrogens is 474 g/mol. The number of pyridine rings is 1. The first-order valence-electron chi connectivity index (χ1n) is 10.8. The van der Waals surface area contributed by atoms with Crippen LogP contribution in [0.5, 0.6) is 5.75 Å².